The topological polar surface area (TPSA) is 76.2 Å². The molecule has 0 atom stereocenters. The molecule has 2 aromatic heterocycles. The van der Waals surface area contributed by atoms with E-state index in [-0.39, 0.29) is 47.9 Å². The van der Waals surface area contributed by atoms with E-state index in [0.717, 1.165) is 71.9 Å². The number of rotatable bonds is 8. The Hall–Kier alpha value is -3.60. The molecule has 0 spiro atoms. The summed E-state index contributed by atoms with van der Waals surface area (Å²) in [5.74, 6) is 1.29. The van der Waals surface area contributed by atoms with Gasteiger partial charge in [-0.15, -0.1) is 29.1 Å². The second-order valence-corrected chi connectivity index (χ2v) is 14.8. The molecule has 5 aromatic rings. The molecule has 0 fully saturated rings. The fourth-order valence-electron chi connectivity index (χ4n) is 6.54. The molecular weight excluding hydrogens is 785 g/mol. The van der Waals surface area contributed by atoms with Gasteiger partial charge in [0.2, 0.25) is 5.71 Å². The molecule has 261 valence electrons. The first-order valence-electron chi connectivity index (χ1n) is 17.6. The molecule has 6 heteroatoms. The number of allylic oxidation sites excluding steroid dienone is 2. The molecule has 1 aliphatic carbocycles. The van der Waals surface area contributed by atoms with E-state index in [2.05, 4.69) is 86.4 Å². The Morgan fingerprint density at radius 1 is 0.878 bits per heavy atom. The maximum absolute atomic E-state index is 12.2. The van der Waals surface area contributed by atoms with Crippen molar-refractivity contribution in [1.82, 2.24) is 9.97 Å². The van der Waals surface area contributed by atoms with Crippen molar-refractivity contribution in [1.29, 1.82) is 0 Å². The average molecular weight is 836 g/mol. The zero-order chi connectivity index (χ0) is 34.9. The van der Waals surface area contributed by atoms with E-state index in [1.807, 2.05) is 41.5 Å². The summed E-state index contributed by atoms with van der Waals surface area (Å²) in [4.78, 5) is 21.4. The Morgan fingerprint density at radius 2 is 1.51 bits per heavy atom. The zero-order valence-electron chi connectivity index (χ0n) is 30.6. The molecule has 6 rings (SSSR count). The summed E-state index contributed by atoms with van der Waals surface area (Å²) < 4.78 is 6.23. The quantitative estimate of drug-likeness (QED) is 0.0957. The van der Waals surface area contributed by atoms with Crippen LogP contribution in [0.5, 0.6) is 0 Å². The maximum atomic E-state index is 12.2. The molecule has 1 radical (unpaired) electrons. The molecule has 2 heterocycles. The number of fused-ring (bicyclic) bond motifs is 6. The van der Waals surface area contributed by atoms with Crippen LogP contribution in [0, 0.1) is 16.9 Å². The third kappa shape index (κ3) is 7.47. The van der Waals surface area contributed by atoms with Crippen LogP contribution in [0.25, 0.3) is 44.3 Å². The van der Waals surface area contributed by atoms with Crippen molar-refractivity contribution in [2.45, 2.75) is 106 Å². The fourth-order valence-corrected chi connectivity index (χ4v) is 6.54. The second kappa shape index (κ2) is 15.1. The van der Waals surface area contributed by atoms with E-state index in [0.29, 0.717) is 5.71 Å². The van der Waals surface area contributed by atoms with Gasteiger partial charge >= 0.3 is 0 Å². The van der Waals surface area contributed by atoms with Gasteiger partial charge in [0.15, 0.2) is 5.78 Å². The van der Waals surface area contributed by atoms with E-state index >= 15 is 0 Å². The Kier molecular flexibility index (Phi) is 11.8. The first-order valence-corrected chi connectivity index (χ1v) is 17.6. The molecule has 3 aromatic carbocycles. The van der Waals surface area contributed by atoms with Gasteiger partial charge in [0.25, 0.3) is 0 Å². The number of ketones is 1. The summed E-state index contributed by atoms with van der Waals surface area (Å²) in [6, 6.07) is 23.0. The van der Waals surface area contributed by atoms with Gasteiger partial charge in [-0.05, 0) is 48.6 Å². The Bertz CT molecular complexity index is 1970. The zero-order valence-corrected chi connectivity index (χ0v) is 33.0. The van der Waals surface area contributed by atoms with Crippen molar-refractivity contribution < 1.29 is 34.4 Å². The van der Waals surface area contributed by atoms with Gasteiger partial charge in [-0.25, -0.2) is 4.98 Å². The largest absolute Gasteiger partial charge is 0.512 e. The molecule has 5 nitrogen and oxygen atoms in total. The van der Waals surface area contributed by atoms with Crippen LogP contribution in [0.15, 0.2) is 77.2 Å². The molecule has 0 amide bonds. The van der Waals surface area contributed by atoms with Gasteiger partial charge in [0.05, 0.1) is 0 Å². The van der Waals surface area contributed by atoms with E-state index in [1.165, 1.54) is 28.2 Å². The SMILES string of the molecule is CC(C)(C)c1cc(-c2ncnc3oc4c(c23)-c2ccccc2CC4)[c-]c2ccccc12.CCC(C)(CC)C(=O)/C=C(\O)C(C)(CC)CC.[Ir]. The molecule has 0 saturated heterocycles. The second-order valence-electron chi connectivity index (χ2n) is 14.8. The number of nitrogens with zero attached hydrogens (tertiary/aromatic N) is 2. The predicted octanol–water partition coefficient (Wildman–Crippen LogP) is 11.6. The number of hydrogen-bond acceptors (Lipinski definition) is 5. The fraction of sp³-hybridized carbons (Fsp3) is 0.419. The maximum Gasteiger partial charge on any atom is 0.222 e. The minimum Gasteiger partial charge on any atom is -0.512 e. The molecule has 1 N–H and O–H groups in total. The summed E-state index contributed by atoms with van der Waals surface area (Å²) in [6.45, 7) is 18.8. The standard InChI is InChI=1S/C28H23N2O.C15H28O2.Ir/c1-28(2,3)22-15-19(14-18-9-5-6-10-20(18)22)26-25-24-21-11-7-4-8-17(21)12-13-23(24)31-27(25)30-16-29-26;1-7-14(5,8-2)12(16)11-13(17)15(6,9-3)10-4;/h4-11,15-16H,12-13H2,1-3H3;11,16H,7-10H2,1-6H3;/q-1;;/b;12-11-;. The van der Waals surface area contributed by atoms with Crippen LogP contribution in [0.4, 0.5) is 0 Å². The number of aliphatic hydroxyl groups is 1. The minimum atomic E-state index is -0.337. The van der Waals surface area contributed by atoms with Gasteiger partial charge in [-0.2, -0.15) is 0 Å². The van der Waals surface area contributed by atoms with Crippen LogP contribution in [0.1, 0.15) is 105 Å². The first kappa shape index (κ1) is 38.2. The Morgan fingerprint density at radius 3 is 2.16 bits per heavy atom. The Balaban J connectivity index is 0.000000260. The normalized spacial score (nSPS) is 13.3. The number of aromatic nitrogens is 2. The van der Waals surface area contributed by atoms with Crippen LogP contribution in [-0.2, 0) is 43.2 Å². The smallest absolute Gasteiger partial charge is 0.222 e. The van der Waals surface area contributed by atoms with Crippen LogP contribution in [-0.4, -0.2) is 20.9 Å². The van der Waals surface area contributed by atoms with Crippen molar-refractivity contribution >= 4 is 27.7 Å². The summed E-state index contributed by atoms with van der Waals surface area (Å²) in [5, 5.41) is 13.5. The molecule has 0 saturated carbocycles. The summed E-state index contributed by atoms with van der Waals surface area (Å²) in [5.41, 5.74) is 6.96. The molecule has 49 heavy (non-hydrogen) atoms. The van der Waals surface area contributed by atoms with Crippen molar-refractivity contribution in [2.24, 2.45) is 10.8 Å². The number of furan rings is 1. The van der Waals surface area contributed by atoms with Crippen molar-refractivity contribution in [3.63, 3.8) is 0 Å². The molecule has 0 bridgehead atoms. The van der Waals surface area contributed by atoms with Crippen LogP contribution >= 0.6 is 0 Å². The number of aryl methyl sites for hydroxylation is 2. The van der Waals surface area contributed by atoms with Crippen molar-refractivity contribution in [2.75, 3.05) is 0 Å². The van der Waals surface area contributed by atoms with Gasteiger partial charge in [-0.1, -0.05) is 116 Å². The minimum absolute atomic E-state index is 0. The number of aliphatic hydroxyl groups excluding tert-OH is 1. The van der Waals surface area contributed by atoms with E-state index in [9.17, 15) is 9.90 Å². The molecule has 0 aliphatic heterocycles. The van der Waals surface area contributed by atoms with Crippen LogP contribution in [0.2, 0.25) is 0 Å². The summed E-state index contributed by atoms with van der Waals surface area (Å²) >= 11 is 0. The summed E-state index contributed by atoms with van der Waals surface area (Å²) in [6.07, 6.45) is 8.24. The van der Waals surface area contributed by atoms with E-state index < -0.39 is 0 Å². The van der Waals surface area contributed by atoms with Gasteiger partial charge in [-0.3, -0.25) is 9.78 Å². The van der Waals surface area contributed by atoms with Gasteiger partial charge in [0, 0.05) is 60.1 Å². The monoisotopic (exact) mass is 836 g/mol. The van der Waals surface area contributed by atoms with Crippen LogP contribution < -0.4 is 0 Å². The Labute approximate surface area is 306 Å². The van der Waals surface area contributed by atoms with Crippen molar-refractivity contribution in [3.8, 4) is 22.4 Å². The average Bonchev–Trinajstić information content (AvgIpc) is 3.49. The summed E-state index contributed by atoms with van der Waals surface area (Å²) in [7, 11) is 0. The van der Waals surface area contributed by atoms with E-state index in [4.69, 9.17) is 9.40 Å². The first-order chi connectivity index (χ1) is 22.8. The van der Waals surface area contributed by atoms with Gasteiger partial charge in [0.1, 0.15) is 17.8 Å². The van der Waals surface area contributed by atoms with Gasteiger partial charge < -0.3 is 9.52 Å². The van der Waals surface area contributed by atoms with Crippen molar-refractivity contribution in [3.05, 3.63) is 95.7 Å². The molecule has 1 aliphatic rings. The number of carbonyl (C=O) groups excluding carboxylic acids is 1. The van der Waals surface area contributed by atoms with E-state index in [1.54, 1.807) is 6.33 Å². The third-order valence-electron chi connectivity index (χ3n) is 10.9. The van der Waals surface area contributed by atoms with Crippen LogP contribution in [0.3, 0.4) is 0 Å². The number of hydrogen-bond donors (Lipinski definition) is 1. The predicted molar refractivity (Wildman–Crippen MR) is 198 cm³/mol. The third-order valence-corrected chi connectivity index (χ3v) is 10.9. The number of carbonyl (C=O) groups is 1. The molecular formula is C43H51IrN2O3-. The number of benzene rings is 3. The molecule has 0 unspecified atom stereocenters.